The first-order valence-corrected chi connectivity index (χ1v) is 7.43. The number of hydrogen-bond donors (Lipinski definition) is 5. The van der Waals surface area contributed by atoms with Crippen LogP contribution < -0.4 is 16.1 Å². The number of aliphatic hydroxyl groups is 1. The zero-order valence-electron chi connectivity index (χ0n) is 10.8. The van der Waals surface area contributed by atoms with E-state index in [0.29, 0.717) is 11.0 Å². The lowest BCUT2D eigenvalue weighted by molar-refractivity contribution is 0.164. The van der Waals surface area contributed by atoms with Gasteiger partial charge in [-0.2, -0.15) is 0 Å². The second kappa shape index (κ2) is 5.37. The van der Waals surface area contributed by atoms with Crippen LogP contribution in [0.15, 0.2) is 27.9 Å². The minimum absolute atomic E-state index is 0.0121. The van der Waals surface area contributed by atoms with Gasteiger partial charge in [-0.1, -0.05) is 0 Å². The first-order valence-electron chi connectivity index (χ1n) is 5.95. The number of benzene rings is 1. The standard InChI is InChI=1S/C11H16N4O4S/c1-6(16)8(12)5-13-20(18,19)7-2-3-9-10(4-7)15-11(17)14-9/h2-4,6,8,13,16H,5,12H2,1H3,(H2,14,15,17). The van der Waals surface area contributed by atoms with Crippen LogP contribution in [0.5, 0.6) is 0 Å². The van der Waals surface area contributed by atoms with Crippen LogP contribution in [0.1, 0.15) is 6.92 Å². The Kier molecular flexibility index (Phi) is 3.95. The molecule has 0 saturated carbocycles. The topological polar surface area (TPSA) is 141 Å². The molecule has 0 amide bonds. The van der Waals surface area contributed by atoms with Gasteiger partial charge in [0.05, 0.1) is 22.0 Å². The predicted molar refractivity (Wildman–Crippen MR) is 73.8 cm³/mol. The summed E-state index contributed by atoms with van der Waals surface area (Å²) >= 11 is 0. The van der Waals surface area contributed by atoms with E-state index in [1.54, 1.807) is 0 Å². The Morgan fingerprint density at radius 1 is 1.35 bits per heavy atom. The van der Waals surface area contributed by atoms with Gasteiger partial charge in [0.25, 0.3) is 0 Å². The Labute approximate surface area is 115 Å². The van der Waals surface area contributed by atoms with E-state index in [-0.39, 0.29) is 11.4 Å². The van der Waals surface area contributed by atoms with Crippen molar-refractivity contribution in [2.75, 3.05) is 6.54 Å². The average molecular weight is 300 g/mol. The van der Waals surface area contributed by atoms with Gasteiger partial charge in [0.1, 0.15) is 0 Å². The van der Waals surface area contributed by atoms with Crippen molar-refractivity contribution in [3.8, 4) is 0 Å². The molecule has 0 aliphatic heterocycles. The number of imidazole rings is 1. The molecule has 0 radical (unpaired) electrons. The quantitative estimate of drug-likeness (QED) is 0.474. The van der Waals surface area contributed by atoms with Crippen LogP contribution in [0, 0.1) is 0 Å². The SMILES string of the molecule is CC(O)C(N)CNS(=O)(=O)c1ccc2[nH]c(=O)[nH]c2c1. The molecule has 0 bridgehead atoms. The highest BCUT2D eigenvalue weighted by molar-refractivity contribution is 7.89. The van der Waals surface area contributed by atoms with Crippen LogP contribution in [0.4, 0.5) is 0 Å². The molecule has 2 aromatic rings. The van der Waals surface area contributed by atoms with Gasteiger partial charge in [-0.05, 0) is 25.1 Å². The Morgan fingerprint density at radius 3 is 2.65 bits per heavy atom. The largest absolute Gasteiger partial charge is 0.392 e. The maximum atomic E-state index is 12.1. The third-order valence-electron chi connectivity index (χ3n) is 2.93. The predicted octanol–water partition coefficient (Wildman–Crippen LogP) is -1.16. The Morgan fingerprint density at radius 2 is 2.00 bits per heavy atom. The highest BCUT2D eigenvalue weighted by atomic mass is 32.2. The molecule has 1 aromatic heterocycles. The smallest absolute Gasteiger partial charge is 0.323 e. The third-order valence-corrected chi connectivity index (χ3v) is 4.35. The molecule has 0 aliphatic rings. The molecule has 8 nitrogen and oxygen atoms in total. The van der Waals surface area contributed by atoms with E-state index in [1.165, 1.54) is 25.1 Å². The van der Waals surface area contributed by atoms with Gasteiger partial charge < -0.3 is 20.8 Å². The second-order valence-corrected chi connectivity index (χ2v) is 6.31. The van der Waals surface area contributed by atoms with E-state index >= 15 is 0 Å². The summed E-state index contributed by atoms with van der Waals surface area (Å²) in [6.45, 7) is 1.40. The van der Waals surface area contributed by atoms with Gasteiger partial charge in [-0.25, -0.2) is 17.9 Å². The molecule has 0 saturated heterocycles. The minimum Gasteiger partial charge on any atom is -0.392 e. The van der Waals surface area contributed by atoms with Crippen LogP contribution in [-0.2, 0) is 10.0 Å². The zero-order valence-corrected chi connectivity index (χ0v) is 11.6. The molecule has 1 aromatic carbocycles. The summed E-state index contributed by atoms with van der Waals surface area (Å²) in [5.41, 5.74) is 6.09. The van der Waals surface area contributed by atoms with Crippen molar-refractivity contribution >= 4 is 21.1 Å². The number of sulfonamides is 1. The molecule has 2 unspecified atom stereocenters. The summed E-state index contributed by atoms with van der Waals surface area (Å²) in [5, 5.41) is 9.23. The number of H-pyrrole nitrogens is 2. The molecule has 2 rings (SSSR count). The van der Waals surface area contributed by atoms with Gasteiger partial charge in [-0.15, -0.1) is 0 Å². The average Bonchev–Trinajstić information content (AvgIpc) is 2.74. The van der Waals surface area contributed by atoms with Crippen LogP contribution in [0.3, 0.4) is 0 Å². The lowest BCUT2D eigenvalue weighted by atomic mass is 10.2. The summed E-state index contributed by atoms with van der Waals surface area (Å²) in [4.78, 5) is 16.1. The summed E-state index contributed by atoms with van der Waals surface area (Å²) < 4.78 is 26.4. The second-order valence-electron chi connectivity index (χ2n) is 4.54. The number of nitrogens with one attached hydrogen (secondary N) is 3. The maximum absolute atomic E-state index is 12.1. The zero-order chi connectivity index (χ0) is 14.9. The molecular weight excluding hydrogens is 284 g/mol. The monoisotopic (exact) mass is 300 g/mol. The van der Waals surface area contributed by atoms with Crippen LogP contribution in [0.25, 0.3) is 11.0 Å². The van der Waals surface area contributed by atoms with Gasteiger partial charge in [0.15, 0.2) is 0 Å². The number of aromatic nitrogens is 2. The number of rotatable bonds is 5. The minimum atomic E-state index is -3.75. The molecule has 6 N–H and O–H groups in total. The molecule has 0 aliphatic carbocycles. The number of nitrogens with two attached hydrogens (primary N) is 1. The first-order chi connectivity index (χ1) is 9.29. The lowest BCUT2D eigenvalue weighted by Gasteiger charge is -2.15. The fourth-order valence-electron chi connectivity index (χ4n) is 1.64. The van der Waals surface area contributed by atoms with E-state index in [1.807, 2.05) is 0 Å². The van der Waals surface area contributed by atoms with Crippen molar-refractivity contribution in [1.29, 1.82) is 0 Å². The van der Waals surface area contributed by atoms with E-state index < -0.39 is 27.9 Å². The number of aromatic amines is 2. The van der Waals surface area contributed by atoms with Gasteiger partial charge in [0.2, 0.25) is 10.0 Å². The van der Waals surface area contributed by atoms with Gasteiger partial charge in [0, 0.05) is 12.6 Å². The van der Waals surface area contributed by atoms with E-state index in [2.05, 4.69) is 14.7 Å². The van der Waals surface area contributed by atoms with Crippen LogP contribution >= 0.6 is 0 Å². The van der Waals surface area contributed by atoms with Crippen molar-refractivity contribution in [2.45, 2.75) is 24.0 Å². The first kappa shape index (κ1) is 14.7. The number of hydrogen-bond acceptors (Lipinski definition) is 5. The van der Waals surface area contributed by atoms with Crippen molar-refractivity contribution in [2.24, 2.45) is 5.73 Å². The Balaban J connectivity index is 2.25. The van der Waals surface area contributed by atoms with Gasteiger partial charge in [-0.3, -0.25) is 0 Å². The normalized spacial score (nSPS) is 15.3. The fraction of sp³-hybridized carbons (Fsp3) is 0.364. The molecule has 2 atom stereocenters. The summed E-state index contributed by atoms with van der Waals surface area (Å²) in [6, 6.07) is 3.53. The molecule has 0 fully saturated rings. The van der Waals surface area contributed by atoms with Crippen LogP contribution in [-0.4, -0.2) is 42.2 Å². The van der Waals surface area contributed by atoms with Crippen molar-refractivity contribution < 1.29 is 13.5 Å². The molecule has 20 heavy (non-hydrogen) atoms. The Bertz CT molecular complexity index is 762. The molecule has 9 heteroatoms. The third kappa shape index (κ3) is 3.07. The molecular formula is C11H16N4O4S. The van der Waals surface area contributed by atoms with Crippen molar-refractivity contribution in [3.63, 3.8) is 0 Å². The molecule has 0 spiro atoms. The highest BCUT2D eigenvalue weighted by Gasteiger charge is 2.18. The van der Waals surface area contributed by atoms with E-state index in [9.17, 15) is 18.3 Å². The lowest BCUT2D eigenvalue weighted by Crippen LogP contribution is -2.43. The van der Waals surface area contributed by atoms with Gasteiger partial charge >= 0.3 is 5.69 Å². The van der Waals surface area contributed by atoms with E-state index in [0.717, 1.165) is 0 Å². The fourth-order valence-corrected chi connectivity index (χ4v) is 2.74. The van der Waals surface area contributed by atoms with Crippen LogP contribution in [0.2, 0.25) is 0 Å². The van der Waals surface area contributed by atoms with Crippen molar-refractivity contribution in [3.05, 3.63) is 28.7 Å². The number of fused-ring (bicyclic) bond motifs is 1. The molecule has 1 heterocycles. The highest BCUT2D eigenvalue weighted by Crippen LogP contribution is 2.14. The number of aliphatic hydroxyl groups excluding tert-OH is 1. The van der Waals surface area contributed by atoms with Crippen molar-refractivity contribution in [1.82, 2.24) is 14.7 Å². The molecule has 110 valence electrons. The maximum Gasteiger partial charge on any atom is 0.323 e. The Hall–Kier alpha value is -1.68. The van der Waals surface area contributed by atoms with E-state index in [4.69, 9.17) is 5.73 Å². The summed E-state index contributed by atoms with van der Waals surface area (Å²) in [5.74, 6) is 0. The summed E-state index contributed by atoms with van der Waals surface area (Å²) in [7, 11) is -3.75. The summed E-state index contributed by atoms with van der Waals surface area (Å²) in [6.07, 6.45) is -0.818.